The Morgan fingerprint density at radius 3 is 2.47 bits per heavy atom. The van der Waals surface area contributed by atoms with Gasteiger partial charge in [0.1, 0.15) is 12.1 Å². The molecule has 0 aromatic heterocycles. The number of carbonyl (C=O) groups excluding carboxylic acids is 3. The van der Waals surface area contributed by atoms with Crippen LogP contribution in [0.2, 0.25) is 0 Å². The first-order valence-electron chi connectivity index (χ1n) is 10.8. The number of nitrogens with zero attached hydrogens (tertiary/aromatic N) is 2. The number of rotatable bonds is 6. The molecule has 1 saturated heterocycles. The number of carbonyl (C=O) groups is 3. The van der Waals surface area contributed by atoms with Gasteiger partial charge in [0.2, 0.25) is 5.91 Å². The van der Waals surface area contributed by atoms with Gasteiger partial charge in [0.25, 0.3) is 5.91 Å². The van der Waals surface area contributed by atoms with Crippen molar-refractivity contribution in [2.75, 3.05) is 30.9 Å². The fraction of sp³-hybridized carbons (Fsp3) is 0.609. The third-order valence-electron chi connectivity index (χ3n) is 7.06. The van der Waals surface area contributed by atoms with Crippen molar-refractivity contribution in [1.82, 2.24) is 10.2 Å². The van der Waals surface area contributed by atoms with Gasteiger partial charge in [0.15, 0.2) is 0 Å². The van der Waals surface area contributed by atoms with E-state index in [1.54, 1.807) is 6.07 Å². The van der Waals surface area contributed by atoms with Gasteiger partial charge in [-0.15, -0.1) is 0 Å². The predicted molar refractivity (Wildman–Crippen MR) is 118 cm³/mol. The Labute approximate surface area is 179 Å². The molecule has 7 nitrogen and oxygen atoms in total. The Hall–Kier alpha value is -2.57. The lowest BCUT2D eigenvalue weighted by atomic mass is 9.65. The van der Waals surface area contributed by atoms with Crippen LogP contribution in [-0.2, 0) is 9.59 Å². The summed E-state index contributed by atoms with van der Waals surface area (Å²) in [6.07, 6.45) is 4.17. The number of hydrogen-bond donors (Lipinski definition) is 2. The van der Waals surface area contributed by atoms with Crippen LogP contribution < -0.4 is 15.5 Å². The molecule has 2 N–H and O–H groups in total. The van der Waals surface area contributed by atoms with Gasteiger partial charge in [-0.05, 0) is 49.1 Å². The Morgan fingerprint density at radius 2 is 1.87 bits per heavy atom. The average molecular weight is 415 g/mol. The number of urea groups is 1. The molecule has 0 bridgehead atoms. The number of hydrogen-bond acceptors (Lipinski definition) is 4. The summed E-state index contributed by atoms with van der Waals surface area (Å²) < 4.78 is 0. The summed E-state index contributed by atoms with van der Waals surface area (Å²) in [6, 6.07) is 6.96. The SMILES string of the molecule is CCC(C)(C)C1CCC2(CC1)NC(=O)N(CC(=O)Nc1ccccc1N(C)C)C2=O. The third-order valence-corrected chi connectivity index (χ3v) is 7.06. The zero-order valence-corrected chi connectivity index (χ0v) is 18.7. The van der Waals surface area contributed by atoms with Crippen molar-refractivity contribution in [3.05, 3.63) is 24.3 Å². The summed E-state index contributed by atoms with van der Waals surface area (Å²) in [6.45, 7) is 6.46. The minimum absolute atomic E-state index is 0.229. The standard InChI is InChI=1S/C23H34N4O3/c1-6-22(2,3)16-11-13-23(14-12-16)20(29)27(21(30)25-23)15-19(28)24-17-9-7-8-10-18(17)26(4)5/h7-10,16H,6,11-15H2,1-5H3,(H,24,28)(H,25,30). The molecule has 3 rings (SSSR count). The molecule has 0 radical (unpaired) electrons. The van der Waals surface area contributed by atoms with Crippen molar-refractivity contribution >= 4 is 29.2 Å². The molecule has 2 fully saturated rings. The molecule has 164 valence electrons. The highest BCUT2D eigenvalue weighted by Gasteiger charge is 2.53. The Kier molecular flexibility index (Phi) is 6.11. The fourth-order valence-electron chi connectivity index (χ4n) is 4.64. The minimum Gasteiger partial charge on any atom is -0.376 e. The van der Waals surface area contributed by atoms with E-state index in [9.17, 15) is 14.4 Å². The summed E-state index contributed by atoms with van der Waals surface area (Å²) in [5, 5.41) is 5.74. The van der Waals surface area contributed by atoms with Crippen LogP contribution in [0.1, 0.15) is 52.9 Å². The molecule has 1 aromatic carbocycles. The van der Waals surface area contributed by atoms with Crippen LogP contribution >= 0.6 is 0 Å². The first-order chi connectivity index (χ1) is 14.1. The second-order valence-electron chi connectivity index (χ2n) is 9.48. The molecule has 7 heteroatoms. The van der Waals surface area contributed by atoms with Crippen molar-refractivity contribution in [3.63, 3.8) is 0 Å². The summed E-state index contributed by atoms with van der Waals surface area (Å²) in [5.74, 6) is -0.111. The van der Waals surface area contributed by atoms with E-state index in [0.717, 1.165) is 29.8 Å². The van der Waals surface area contributed by atoms with Crippen LogP contribution in [0.15, 0.2) is 24.3 Å². The van der Waals surface area contributed by atoms with Gasteiger partial charge in [-0.1, -0.05) is 39.3 Å². The van der Waals surface area contributed by atoms with Crippen LogP contribution in [0.4, 0.5) is 16.2 Å². The lowest BCUT2D eigenvalue weighted by molar-refractivity contribution is -0.135. The average Bonchev–Trinajstić information content (AvgIpc) is 2.92. The highest BCUT2D eigenvalue weighted by atomic mass is 16.2. The highest BCUT2D eigenvalue weighted by molar-refractivity contribution is 6.10. The van der Waals surface area contributed by atoms with Crippen LogP contribution in [-0.4, -0.2) is 48.9 Å². The zero-order chi connectivity index (χ0) is 22.1. The number of benzene rings is 1. The summed E-state index contributed by atoms with van der Waals surface area (Å²) in [7, 11) is 3.78. The summed E-state index contributed by atoms with van der Waals surface area (Å²) >= 11 is 0. The van der Waals surface area contributed by atoms with Crippen molar-refractivity contribution in [2.45, 2.75) is 58.4 Å². The lowest BCUT2D eigenvalue weighted by Gasteiger charge is -2.42. The van der Waals surface area contributed by atoms with E-state index in [-0.39, 0.29) is 23.8 Å². The van der Waals surface area contributed by atoms with Crippen molar-refractivity contribution in [3.8, 4) is 0 Å². The quantitative estimate of drug-likeness (QED) is 0.697. The topological polar surface area (TPSA) is 81.8 Å². The van der Waals surface area contributed by atoms with Gasteiger partial charge in [-0.25, -0.2) is 4.79 Å². The Bertz CT molecular complexity index is 825. The van der Waals surface area contributed by atoms with Crippen molar-refractivity contribution in [2.24, 2.45) is 11.3 Å². The van der Waals surface area contributed by atoms with E-state index in [0.29, 0.717) is 24.4 Å². The second kappa shape index (κ2) is 8.28. The van der Waals surface area contributed by atoms with Crippen molar-refractivity contribution in [1.29, 1.82) is 0 Å². The van der Waals surface area contributed by atoms with E-state index in [4.69, 9.17) is 0 Å². The molecule has 0 atom stereocenters. The van der Waals surface area contributed by atoms with Gasteiger partial charge in [-0.2, -0.15) is 0 Å². The van der Waals surface area contributed by atoms with E-state index in [2.05, 4.69) is 31.4 Å². The monoisotopic (exact) mass is 414 g/mol. The molecular weight excluding hydrogens is 380 g/mol. The molecule has 1 aliphatic heterocycles. The smallest absolute Gasteiger partial charge is 0.325 e. The van der Waals surface area contributed by atoms with E-state index in [1.807, 2.05) is 37.2 Å². The zero-order valence-electron chi connectivity index (χ0n) is 18.7. The minimum atomic E-state index is -0.848. The largest absolute Gasteiger partial charge is 0.376 e. The predicted octanol–water partition coefficient (Wildman–Crippen LogP) is 3.61. The van der Waals surface area contributed by atoms with Crippen LogP contribution in [0, 0.1) is 11.3 Å². The van der Waals surface area contributed by atoms with Crippen LogP contribution in [0.25, 0.3) is 0 Å². The number of nitrogens with one attached hydrogen (secondary N) is 2. The first kappa shape index (κ1) is 22.1. The number of imide groups is 1. The van der Waals surface area contributed by atoms with E-state index < -0.39 is 11.6 Å². The maximum Gasteiger partial charge on any atom is 0.325 e. The molecule has 4 amide bonds. The number of amides is 4. The Morgan fingerprint density at radius 1 is 1.23 bits per heavy atom. The summed E-state index contributed by atoms with van der Waals surface area (Å²) in [4.78, 5) is 41.3. The fourth-order valence-corrected chi connectivity index (χ4v) is 4.64. The molecular formula is C23H34N4O3. The highest BCUT2D eigenvalue weighted by Crippen LogP contribution is 2.45. The summed E-state index contributed by atoms with van der Waals surface area (Å²) in [5.41, 5.74) is 0.888. The van der Waals surface area contributed by atoms with Gasteiger partial charge < -0.3 is 15.5 Å². The number of anilines is 2. The molecule has 2 aliphatic rings. The maximum atomic E-state index is 13.1. The third kappa shape index (κ3) is 4.16. The second-order valence-corrected chi connectivity index (χ2v) is 9.48. The van der Waals surface area contributed by atoms with Gasteiger partial charge >= 0.3 is 6.03 Å². The normalized spacial score (nSPS) is 24.2. The van der Waals surface area contributed by atoms with Crippen molar-refractivity contribution < 1.29 is 14.4 Å². The lowest BCUT2D eigenvalue weighted by Crippen LogP contribution is -2.51. The maximum absolute atomic E-state index is 13.1. The van der Waals surface area contributed by atoms with E-state index >= 15 is 0 Å². The van der Waals surface area contributed by atoms with Gasteiger partial charge in [0.05, 0.1) is 11.4 Å². The Balaban J connectivity index is 1.66. The molecule has 0 unspecified atom stereocenters. The van der Waals surface area contributed by atoms with Gasteiger partial charge in [-0.3, -0.25) is 14.5 Å². The molecule has 1 spiro atoms. The number of para-hydroxylation sites is 2. The van der Waals surface area contributed by atoms with Gasteiger partial charge in [0, 0.05) is 14.1 Å². The molecule has 1 aromatic rings. The molecule has 1 saturated carbocycles. The molecule has 30 heavy (non-hydrogen) atoms. The van der Waals surface area contributed by atoms with Crippen LogP contribution in [0.5, 0.6) is 0 Å². The van der Waals surface area contributed by atoms with E-state index in [1.165, 1.54) is 0 Å². The van der Waals surface area contributed by atoms with Crippen LogP contribution in [0.3, 0.4) is 0 Å². The first-order valence-corrected chi connectivity index (χ1v) is 10.8. The molecule has 1 heterocycles. The molecule has 1 aliphatic carbocycles.